The van der Waals surface area contributed by atoms with Crippen molar-refractivity contribution in [2.45, 2.75) is 59.9 Å². The number of aryl methyl sites for hydroxylation is 1. The van der Waals surface area contributed by atoms with Gasteiger partial charge in [0.1, 0.15) is 0 Å². The lowest BCUT2D eigenvalue weighted by atomic mass is 9.86. The van der Waals surface area contributed by atoms with Crippen molar-refractivity contribution >= 4 is 5.69 Å². The minimum absolute atomic E-state index is 0.530. The van der Waals surface area contributed by atoms with Crippen molar-refractivity contribution in [2.75, 3.05) is 12.1 Å². The van der Waals surface area contributed by atoms with E-state index in [1.54, 1.807) is 0 Å². The van der Waals surface area contributed by atoms with Crippen LogP contribution >= 0.6 is 0 Å². The molecule has 0 amide bonds. The van der Waals surface area contributed by atoms with Gasteiger partial charge < -0.3 is 5.01 Å². The standard InChI is InChI=1S/C18H32N2/c1-7-14(4)18(15(5)8-2)20(19-6)17-12-10-16(9-3)11-13-17/h10-15,18-19H,7-9H2,1-6H3. The molecule has 0 aliphatic heterocycles. The van der Waals surface area contributed by atoms with E-state index < -0.39 is 0 Å². The fourth-order valence-electron chi connectivity index (χ4n) is 2.90. The number of anilines is 1. The second-order valence-electron chi connectivity index (χ2n) is 5.88. The lowest BCUT2D eigenvalue weighted by Crippen LogP contribution is -2.50. The highest BCUT2D eigenvalue weighted by Crippen LogP contribution is 2.28. The van der Waals surface area contributed by atoms with E-state index in [2.05, 4.69) is 69.3 Å². The Labute approximate surface area is 125 Å². The third-order valence-corrected chi connectivity index (χ3v) is 4.62. The average Bonchev–Trinajstić information content (AvgIpc) is 2.51. The van der Waals surface area contributed by atoms with Crippen molar-refractivity contribution < 1.29 is 0 Å². The van der Waals surface area contributed by atoms with Crippen molar-refractivity contribution in [1.29, 1.82) is 0 Å². The van der Waals surface area contributed by atoms with E-state index in [1.165, 1.54) is 24.1 Å². The summed E-state index contributed by atoms with van der Waals surface area (Å²) < 4.78 is 0. The normalized spacial score (nSPS) is 15.7. The van der Waals surface area contributed by atoms with Crippen molar-refractivity contribution in [3.05, 3.63) is 29.8 Å². The first-order valence-corrected chi connectivity index (χ1v) is 8.14. The highest BCUT2D eigenvalue weighted by molar-refractivity contribution is 5.47. The largest absolute Gasteiger partial charge is 0.305 e. The van der Waals surface area contributed by atoms with Gasteiger partial charge in [-0.3, -0.25) is 0 Å². The molecule has 0 aliphatic carbocycles. The van der Waals surface area contributed by atoms with Gasteiger partial charge in [-0.15, -0.1) is 0 Å². The molecule has 0 saturated carbocycles. The van der Waals surface area contributed by atoms with Crippen LogP contribution in [-0.2, 0) is 6.42 Å². The molecule has 2 atom stereocenters. The molecule has 0 radical (unpaired) electrons. The maximum Gasteiger partial charge on any atom is 0.0523 e. The van der Waals surface area contributed by atoms with E-state index in [0.29, 0.717) is 17.9 Å². The zero-order chi connectivity index (χ0) is 15.1. The molecule has 0 fully saturated rings. The molecule has 1 N–H and O–H groups in total. The van der Waals surface area contributed by atoms with E-state index in [1.807, 2.05) is 7.05 Å². The number of nitrogens with zero attached hydrogens (tertiary/aromatic N) is 1. The molecule has 0 bridgehead atoms. The topological polar surface area (TPSA) is 15.3 Å². The van der Waals surface area contributed by atoms with E-state index in [4.69, 9.17) is 0 Å². The lowest BCUT2D eigenvalue weighted by molar-refractivity contribution is 0.295. The molecule has 0 heterocycles. The molecule has 1 rings (SSSR count). The summed E-state index contributed by atoms with van der Waals surface area (Å²) >= 11 is 0. The summed E-state index contributed by atoms with van der Waals surface area (Å²) in [5.41, 5.74) is 6.09. The Morgan fingerprint density at radius 1 is 0.950 bits per heavy atom. The van der Waals surface area contributed by atoms with Crippen molar-refractivity contribution in [1.82, 2.24) is 5.43 Å². The van der Waals surface area contributed by atoms with Gasteiger partial charge in [-0.05, 0) is 36.0 Å². The van der Waals surface area contributed by atoms with Crippen LogP contribution in [0.4, 0.5) is 5.69 Å². The first-order chi connectivity index (χ1) is 9.58. The van der Waals surface area contributed by atoms with Gasteiger partial charge >= 0.3 is 0 Å². The van der Waals surface area contributed by atoms with Gasteiger partial charge in [0.25, 0.3) is 0 Å². The number of hydrogen-bond acceptors (Lipinski definition) is 2. The summed E-state index contributed by atoms with van der Waals surface area (Å²) in [5, 5.41) is 2.36. The maximum atomic E-state index is 3.42. The molecule has 1 aromatic carbocycles. The molecule has 0 spiro atoms. The molecule has 2 heteroatoms. The molecule has 0 aliphatic rings. The Morgan fingerprint density at radius 2 is 1.45 bits per heavy atom. The predicted octanol–water partition coefficient (Wildman–Crippen LogP) is 4.65. The summed E-state index contributed by atoms with van der Waals surface area (Å²) in [7, 11) is 2.03. The number of rotatable bonds is 8. The average molecular weight is 276 g/mol. The lowest BCUT2D eigenvalue weighted by Gasteiger charge is -2.40. The highest BCUT2D eigenvalue weighted by atomic mass is 15.5. The van der Waals surface area contributed by atoms with Crippen LogP contribution in [0, 0.1) is 11.8 Å². The van der Waals surface area contributed by atoms with Crippen LogP contribution in [0.15, 0.2) is 24.3 Å². The molecule has 2 nitrogen and oxygen atoms in total. The summed E-state index contributed by atoms with van der Waals surface area (Å²) in [6.07, 6.45) is 3.51. The second kappa shape index (κ2) is 8.31. The molecule has 1 aromatic rings. The minimum atomic E-state index is 0.530. The van der Waals surface area contributed by atoms with Gasteiger partial charge in [0.2, 0.25) is 0 Å². The molecular weight excluding hydrogens is 244 g/mol. The van der Waals surface area contributed by atoms with Crippen molar-refractivity contribution in [3.63, 3.8) is 0 Å². The molecule has 2 unspecified atom stereocenters. The van der Waals surface area contributed by atoms with Crippen molar-refractivity contribution in [2.24, 2.45) is 11.8 Å². The Balaban J connectivity index is 3.04. The zero-order valence-electron chi connectivity index (χ0n) is 14.1. The van der Waals surface area contributed by atoms with Crippen LogP contribution in [-0.4, -0.2) is 13.1 Å². The number of hydrogen-bond donors (Lipinski definition) is 1. The Morgan fingerprint density at radius 3 is 1.80 bits per heavy atom. The third kappa shape index (κ3) is 3.99. The fraction of sp³-hybridized carbons (Fsp3) is 0.667. The molecule has 0 aromatic heterocycles. The molecular formula is C18H32N2. The van der Waals surface area contributed by atoms with Crippen LogP contribution in [0.3, 0.4) is 0 Å². The zero-order valence-corrected chi connectivity index (χ0v) is 14.1. The SMILES string of the molecule is CCc1ccc(N(NC)C(C(C)CC)C(C)CC)cc1. The Hall–Kier alpha value is -1.02. The van der Waals surface area contributed by atoms with Gasteiger partial charge in [-0.25, -0.2) is 5.43 Å². The molecule has 114 valence electrons. The minimum Gasteiger partial charge on any atom is -0.305 e. The molecule has 20 heavy (non-hydrogen) atoms. The van der Waals surface area contributed by atoms with Crippen LogP contribution in [0.5, 0.6) is 0 Å². The summed E-state index contributed by atoms with van der Waals surface area (Å²) in [6, 6.07) is 9.50. The van der Waals surface area contributed by atoms with Crippen LogP contribution in [0.25, 0.3) is 0 Å². The van der Waals surface area contributed by atoms with Crippen molar-refractivity contribution in [3.8, 4) is 0 Å². The van der Waals surface area contributed by atoms with E-state index >= 15 is 0 Å². The number of nitrogens with one attached hydrogen (secondary N) is 1. The first kappa shape index (κ1) is 17.0. The summed E-state index contributed by atoms with van der Waals surface area (Å²) in [5.74, 6) is 1.34. The van der Waals surface area contributed by atoms with E-state index in [0.717, 1.165) is 6.42 Å². The third-order valence-electron chi connectivity index (χ3n) is 4.62. The van der Waals surface area contributed by atoms with E-state index in [-0.39, 0.29) is 0 Å². The molecule has 0 saturated heterocycles. The number of hydrazine groups is 1. The fourth-order valence-corrected chi connectivity index (χ4v) is 2.90. The summed E-state index contributed by atoms with van der Waals surface area (Å²) in [6.45, 7) is 11.5. The number of benzene rings is 1. The smallest absolute Gasteiger partial charge is 0.0523 e. The quantitative estimate of drug-likeness (QED) is 0.695. The predicted molar refractivity (Wildman–Crippen MR) is 90.1 cm³/mol. The van der Waals surface area contributed by atoms with Crippen LogP contribution in [0.2, 0.25) is 0 Å². The van der Waals surface area contributed by atoms with Gasteiger partial charge in [0, 0.05) is 7.05 Å². The van der Waals surface area contributed by atoms with Gasteiger partial charge in [0.15, 0.2) is 0 Å². The monoisotopic (exact) mass is 276 g/mol. The van der Waals surface area contributed by atoms with Gasteiger partial charge in [-0.2, -0.15) is 0 Å². The Bertz CT molecular complexity index is 362. The second-order valence-corrected chi connectivity index (χ2v) is 5.88. The maximum absolute atomic E-state index is 3.42. The Kier molecular flexibility index (Phi) is 7.08. The van der Waals surface area contributed by atoms with E-state index in [9.17, 15) is 0 Å². The van der Waals surface area contributed by atoms with Gasteiger partial charge in [0.05, 0.1) is 11.7 Å². The van der Waals surface area contributed by atoms with Gasteiger partial charge in [-0.1, -0.05) is 59.6 Å². The van der Waals surface area contributed by atoms with Crippen LogP contribution < -0.4 is 10.4 Å². The van der Waals surface area contributed by atoms with Crippen LogP contribution in [0.1, 0.15) is 53.0 Å². The summed E-state index contributed by atoms with van der Waals surface area (Å²) in [4.78, 5) is 0. The first-order valence-electron chi connectivity index (χ1n) is 8.14. The highest BCUT2D eigenvalue weighted by Gasteiger charge is 2.27.